The quantitative estimate of drug-likeness (QED) is 0.164. The summed E-state index contributed by atoms with van der Waals surface area (Å²) in [5.74, 6) is 0.721. The molecule has 1 aromatic heterocycles. The average molecular weight is 745 g/mol. The van der Waals surface area contributed by atoms with Crippen molar-refractivity contribution in [2.24, 2.45) is 0 Å². The maximum Gasteiger partial charge on any atom is 0.243 e. The predicted molar refractivity (Wildman–Crippen MR) is 243 cm³/mol. The zero-order valence-electron chi connectivity index (χ0n) is 34.1. The highest BCUT2D eigenvalue weighted by Crippen LogP contribution is 2.47. The second kappa shape index (κ2) is 12.3. The molecule has 0 unspecified atom stereocenters. The first-order chi connectivity index (χ1) is 28.0. The third-order valence-electron chi connectivity index (χ3n) is 13.9. The van der Waals surface area contributed by atoms with Crippen molar-refractivity contribution in [2.75, 3.05) is 0 Å². The van der Waals surface area contributed by atoms with Crippen molar-refractivity contribution in [1.29, 1.82) is 0 Å². The molecule has 0 radical (unpaired) electrons. The smallest absolute Gasteiger partial charge is 0.228 e. The molecule has 3 aliphatic heterocycles. The molecule has 3 aliphatic rings. The number of benzene rings is 7. The van der Waals surface area contributed by atoms with E-state index in [1.807, 2.05) is 12.1 Å². The molecule has 0 atom stereocenters. The molecule has 4 heterocycles. The van der Waals surface area contributed by atoms with Gasteiger partial charge in [-0.1, -0.05) is 216 Å². The Morgan fingerprint density at radius 1 is 0.310 bits per heavy atom. The van der Waals surface area contributed by atoms with Gasteiger partial charge < -0.3 is 0 Å². The predicted octanol–water partition coefficient (Wildman–Crippen LogP) is 11.2. The van der Waals surface area contributed by atoms with Gasteiger partial charge in [0.2, 0.25) is 6.71 Å². The SMILES string of the molecule is CC1(C)c2cccc3c2B2c4c1cccc4C(C)(C)c1cc(-c4ccc(-c5ccc(-c6nc(-c7ccccc7)cc(-c7ccccc7)n6)cc5)cc4)cc(c12)C3(C)C. The van der Waals surface area contributed by atoms with Crippen LogP contribution in [-0.4, -0.2) is 16.7 Å². The number of aromatic nitrogens is 2. The minimum atomic E-state index is -0.133. The fraction of sp³-hybridized carbons (Fsp3) is 0.164. The van der Waals surface area contributed by atoms with Crippen LogP contribution in [0.2, 0.25) is 0 Å². The first-order valence-corrected chi connectivity index (χ1v) is 20.7. The first kappa shape index (κ1) is 34.9. The Hall–Kier alpha value is -6.32. The molecule has 278 valence electrons. The Morgan fingerprint density at radius 2 is 0.655 bits per heavy atom. The van der Waals surface area contributed by atoms with Crippen molar-refractivity contribution in [3.05, 3.63) is 197 Å². The Labute approximate surface area is 342 Å². The van der Waals surface area contributed by atoms with E-state index in [1.165, 1.54) is 55.6 Å². The van der Waals surface area contributed by atoms with Crippen LogP contribution in [0.5, 0.6) is 0 Å². The van der Waals surface area contributed by atoms with Gasteiger partial charge in [0, 0.05) is 32.9 Å². The van der Waals surface area contributed by atoms with Crippen molar-refractivity contribution in [1.82, 2.24) is 9.97 Å². The molecule has 7 aromatic carbocycles. The number of hydrogen-bond acceptors (Lipinski definition) is 2. The summed E-state index contributed by atoms with van der Waals surface area (Å²) in [6.45, 7) is 14.9. The van der Waals surface area contributed by atoms with E-state index in [9.17, 15) is 0 Å². The van der Waals surface area contributed by atoms with Crippen molar-refractivity contribution in [3.63, 3.8) is 0 Å². The highest BCUT2D eigenvalue weighted by Gasteiger charge is 2.54. The van der Waals surface area contributed by atoms with E-state index in [0.717, 1.165) is 33.9 Å². The molecule has 2 nitrogen and oxygen atoms in total. The Balaban J connectivity index is 0.972. The highest BCUT2D eigenvalue weighted by molar-refractivity contribution is 6.98. The lowest BCUT2D eigenvalue weighted by atomic mass is 9.23. The van der Waals surface area contributed by atoms with Crippen LogP contribution in [0.25, 0.3) is 56.2 Å². The van der Waals surface area contributed by atoms with E-state index in [-0.39, 0.29) is 23.0 Å². The topological polar surface area (TPSA) is 25.8 Å². The van der Waals surface area contributed by atoms with E-state index in [4.69, 9.17) is 9.97 Å². The standard InChI is InChI=1S/C55H45BN2/c1-53(2)41-19-13-21-43-49(41)56-50-42(53)20-14-22-44(50)55(5,6)46-32-40(31-45(51(46)56)54(43,3)4)36-25-23-34(24-26-36)35-27-29-39(30-28-35)52-57-47(37-15-9-7-10-16-37)33-48(58-52)38-17-11-8-12-18-38/h7-33H,1-6H3. The second-order valence-corrected chi connectivity index (χ2v) is 18.2. The van der Waals surface area contributed by atoms with Gasteiger partial charge in [0.25, 0.3) is 0 Å². The molecule has 0 saturated heterocycles. The Morgan fingerprint density at radius 3 is 1.07 bits per heavy atom. The van der Waals surface area contributed by atoms with Crippen LogP contribution in [-0.2, 0) is 16.2 Å². The van der Waals surface area contributed by atoms with Gasteiger partial charge in [-0.25, -0.2) is 9.97 Å². The molecule has 3 heteroatoms. The van der Waals surface area contributed by atoms with Gasteiger partial charge in [0.1, 0.15) is 0 Å². The molecule has 0 aliphatic carbocycles. The molecule has 0 saturated carbocycles. The van der Waals surface area contributed by atoms with Crippen LogP contribution < -0.4 is 16.4 Å². The maximum atomic E-state index is 5.05. The monoisotopic (exact) mass is 744 g/mol. The summed E-state index contributed by atoms with van der Waals surface area (Å²) in [5.41, 5.74) is 23.1. The van der Waals surface area contributed by atoms with Gasteiger partial charge in [-0.15, -0.1) is 0 Å². The summed E-state index contributed by atoms with van der Waals surface area (Å²) in [6.07, 6.45) is 0. The first-order valence-electron chi connectivity index (χ1n) is 20.7. The van der Waals surface area contributed by atoms with Crippen LogP contribution in [0.4, 0.5) is 0 Å². The third kappa shape index (κ3) is 4.99. The van der Waals surface area contributed by atoms with E-state index in [0.29, 0.717) is 0 Å². The van der Waals surface area contributed by atoms with Crippen molar-refractivity contribution in [3.8, 4) is 56.2 Å². The molecule has 0 spiro atoms. The Bertz CT molecular complexity index is 2790. The summed E-state index contributed by atoms with van der Waals surface area (Å²) in [7, 11) is 0. The molecule has 0 N–H and O–H groups in total. The van der Waals surface area contributed by atoms with Gasteiger partial charge in [-0.2, -0.15) is 0 Å². The normalized spacial score (nSPS) is 15.8. The van der Waals surface area contributed by atoms with Crippen LogP contribution >= 0.6 is 0 Å². The van der Waals surface area contributed by atoms with E-state index >= 15 is 0 Å². The van der Waals surface area contributed by atoms with Gasteiger partial charge in [-0.3, -0.25) is 0 Å². The van der Waals surface area contributed by atoms with Crippen molar-refractivity contribution >= 4 is 23.1 Å². The lowest BCUT2D eigenvalue weighted by Gasteiger charge is -2.52. The number of nitrogens with zero attached hydrogens (tertiary/aromatic N) is 2. The van der Waals surface area contributed by atoms with Crippen LogP contribution in [0.3, 0.4) is 0 Å². The summed E-state index contributed by atoms with van der Waals surface area (Å²) in [5, 5.41) is 0. The second-order valence-electron chi connectivity index (χ2n) is 18.2. The molecule has 0 fully saturated rings. The third-order valence-corrected chi connectivity index (χ3v) is 13.9. The van der Waals surface area contributed by atoms with Crippen LogP contribution in [0.1, 0.15) is 74.9 Å². The molecule has 11 rings (SSSR count). The largest absolute Gasteiger partial charge is 0.243 e. The molecule has 0 amide bonds. The number of hydrogen-bond donors (Lipinski definition) is 0. The van der Waals surface area contributed by atoms with E-state index in [2.05, 4.69) is 193 Å². The van der Waals surface area contributed by atoms with Gasteiger partial charge >= 0.3 is 0 Å². The zero-order valence-corrected chi connectivity index (χ0v) is 34.1. The molecular formula is C55H45BN2. The van der Waals surface area contributed by atoms with E-state index < -0.39 is 0 Å². The molecular weight excluding hydrogens is 699 g/mol. The summed E-state index contributed by atoms with van der Waals surface area (Å²) >= 11 is 0. The minimum absolute atomic E-state index is 0.0521. The molecule has 8 aromatic rings. The lowest BCUT2D eigenvalue weighted by molar-refractivity contribution is 0.599. The summed E-state index contributed by atoms with van der Waals surface area (Å²) < 4.78 is 0. The summed E-state index contributed by atoms with van der Waals surface area (Å²) in [4.78, 5) is 10.1. The van der Waals surface area contributed by atoms with E-state index in [1.54, 1.807) is 16.4 Å². The van der Waals surface area contributed by atoms with Crippen LogP contribution in [0.15, 0.2) is 164 Å². The maximum absolute atomic E-state index is 5.05. The summed E-state index contributed by atoms with van der Waals surface area (Å²) in [6, 6.07) is 59.9. The average Bonchev–Trinajstić information content (AvgIpc) is 3.26. The van der Waals surface area contributed by atoms with Gasteiger partial charge in [-0.05, 0) is 61.7 Å². The minimum Gasteiger partial charge on any atom is -0.228 e. The van der Waals surface area contributed by atoms with Crippen molar-refractivity contribution in [2.45, 2.75) is 57.8 Å². The Kier molecular flexibility index (Phi) is 7.43. The van der Waals surface area contributed by atoms with Gasteiger partial charge in [0.05, 0.1) is 11.4 Å². The molecule has 0 bridgehead atoms. The fourth-order valence-electron chi connectivity index (χ4n) is 10.7. The zero-order chi connectivity index (χ0) is 39.6. The van der Waals surface area contributed by atoms with Crippen LogP contribution in [0, 0.1) is 0 Å². The van der Waals surface area contributed by atoms with Crippen molar-refractivity contribution < 1.29 is 0 Å². The number of rotatable bonds is 5. The molecule has 58 heavy (non-hydrogen) atoms. The lowest BCUT2D eigenvalue weighted by Crippen LogP contribution is -2.71. The highest BCUT2D eigenvalue weighted by atomic mass is 14.9. The van der Waals surface area contributed by atoms with Gasteiger partial charge in [0.15, 0.2) is 5.82 Å². The fourth-order valence-corrected chi connectivity index (χ4v) is 10.7.